The number of piperidine rings is 1. The van der Waals surface area contributed by atoms with Crippen molar-refractivity contribution in [1.29, 1.82) is 0 Å². The van der Waals surface area contributed by atoms with Crippen LogP contribution in [-0.2, 0) is 0 Å². The van der Waals surface area contributed by atoms with E-state index >= 15 is 0 Å². The van der Waals surface area contributed by atoms with Crippen molar-refractivity contribution in [3.63, 3.8) is 0 Å². The predicted molar refractivity (Wildman–Crippen MR) is 127 cm³/mol. The number of nitrogens with zero attached hydrogens (tertiary/aromatic N) is 3. The lowest BCUT2D eigenvalue weighted by Gasteiger charge is -2.28. The summed E-state index contributed by atoms with van der Waals surface area (Å²) in [6.45, 7) is 6.88. The minimum Gasteiger partial charge on any atom is -0.381 e. The molecule has 0 spiro atoms. The van der Waals surface area contributed by atoms with Gasteiger partial charge in [-0.2, -0.15) is 0 Å². The number of aromatic nitrogens is 1. The average Bonchev–Trinajstić information content (AvgIpc) is 2.78. The molecule has 2 aliphatic rings. The second-order valence-electron chi connectivity index (χ2n) is 8.25. The molecule has 168 valence electrons. The van der Waals surface area contributed by atoms with Crippen LogP contribution in [0.4, 0.5) is 17.2 Å². The smallest absolute Gasteiger partial charge is 0.252 e. The van der Waals surface area contributed by atoms with Crippen LogP contribution in [0.5, 0.6) is 0 Å². The Morgan fingerprint density at radius 2 is 1.68 bits per heavy atom. The fourth-order valence-corrected chi connectivity index (χ4v) is 3.60. The van der Waals surface area contributed by atoms with Crippen molar-refractivity contribution in [1.82, 2.24) is 20.1 Å². The number of nitrogens with two attached hydrogens (primary N) is 1. The van der Waals surface area contributed by atoms with E-state index in [-0.39, 0.29) is 0 Å². The quantitative estimate of drug-likeness (QED) is 0.581. The molecule has 8 nitrogen and oxygen atoms in total. The van der Waals surface area contributed by atoms with Crippen LogP contribution in [0, 0.1) is 0 Å². The first-order valence-corrected chi connectivity index (χ1v) is 11.0. The summed E-state index contributed by atoms with van der Waals surface area (Å²) in [6, 6.07) is 12.0. The predicted octanol–water partition coefficient (Wildman–Crippen LogP) is 1.95. The highest BCUT2D eigenvalue weighted by atomic mass is 16.1. The van der Waals surface area contributed by atoms with Crippen molar-refractivity contribution in [3.8, 4) is 0 Å². The topological polar surface area (TPSA) is 98.5 Å². The van der Waals surface area contributed by atoms with Crippen LogP contribution in [0.25, 0.3) is 0 Å². The number of rotatable bonds is 5. The summed E-state index contributed by atoms with van der Waals surface area (Å²) in [5.41, 5.74) is 7.57. The number of piperazine rings is 1. The SMILES string of the molecule is CN1CCN(C)CC1.NC(=O)c1cnc(Nc2ccccc2)cc1NC1CCNCC1. The van der Waals surface area contributed by atoms with E-state index in [1.165, 1.54) is 32.4 Å². The standard InChI is InChI=1S/C17H21N5O.C6H14N2/c18-17(23)14-11-20-16(22-12-4-2-1-3-5-12)10-15(14)21-13-6-8-19-9-7-13;1-7-3-5-8(2)6-4-7/h1-5,10-11,13,19H,6-9H2,(H2,18,23)(H2,20,21,22);3-6H2,1-2H3. The van der Waals surface area contributed by atoms with Gasteiger partial charge >= 0.3 is 0 Å². The van der Waals surface area contributed by atoms with Gasteiger partial charge in [-0.3, -0.25) is 4.79 Å². The van der Waals surface area contributed by atoms with Crippen molar-refractivity contribution in [3.05, 3.63) is 48.2 Å². The molecule has 4 rings (SSSR count). The third kappa shape index (κ3) is 7.50. The highest BCUT2D eigenvalue weighted by Crippen LogP contribution is 2.23. The van der Waals surface area contributed by atoms with Gasteiger partial charge in [0.2, 0.25) is 0 Å². The first-order valence-electron chi connectivity index (χ1n) is 11.0. The van der Waals surface area contributed by atoms with Gasteiger partial charge in [-0.05, 0) is 52.2 Å². The van der Waals surface area contributed by atoms with Gasteiger partial charge in [0.15, 0.2) is 0 Å². The van der Waals surface area contributed by atoms with Crippen LogP contribution in [0.3, 0.4) is 0 Å². The zero-order valence-corrected chi connectivity index (χ0v) is 18.6. The van der Waals surface area contributed by atoms with Gasteiger partial charge in [-0.25, -0.2) is 4.98 Å². The lowest BCUT2D eigenvalue weighted by molar-refractivity contribution is 0.100. The maximum atomic E-state index is 11.6. The molecule has 2 aromatic rings. The first-order chi connectivity index (χ1) is 15.0. The molecule has 5 N–H and O–H groups in total. The van der Waals surface area contributed by atoms with E-state index in [9.17, 15) is 4.79 Å². The highest BCUT2D eigenvalue weighted by Gasteiger charge is 2.17. The lowest BCUT2D eigenvalue weighted by Crippen LogP contribution is -2.42. The van der Waals surface area contributed by atoms with E-state index in [0.717, 1.165) is 37.3 Å². The summed E-state index contributed by atoms with van der Waals surface area (Å²) >= 11 is 0. The Labute approximate surface area is 185 Å². The van der Waals surface area contributed by atoms with E-state index < -0.39 is 5.91 Å². The van der Waals surface area contributed by atoms with E-state index in [1.54, 1.807) is 0 Å². The number of primary amides is 1. The second kappa shape index (κ2) is 11.6. The molecule has 1 amide bonds. The molecule has 2 fully saturated rings. The number of pyridine rings is 1. The summed E-state index contributed by atoms with van der Waals surface area (Å²) in [6.07, 6.45) is 3.56. The van der Waals surface area contributed by atoms with Crippen LogP contribution in [0.1, 0.15) is 23.2 Å². The normalized spacial score (nSPS) is 18.0. The zero-order chi connectivity index (χ0) is 22.1. The Kier molecular flexibility index (Phi) is 8.63. The van der Waals surface area contributed by atoms with Gasteiger partial charge in [0.1, 0.15) is 5.82 Å². The molecule has 8 heteroatoms. The Hall–Kier alpha value is -2.68. The molecule has 1 aromatic heterocycles. The molecule has 0 atom stereocenters. The maximum Gasteiger partial charge on any atom is 0.252 e. The second-order valence-corrected chi connectivity index (χ2v) is 8.25. The number of hydrogen-bond donors (Lipinski definition) is 4. The van der Waals surface area contributed by atoms with Crippen molar-refractivity contribution < 1.29 is 4.79 Å². The fraction of sp³-hybridized carbons (Fsp3) is 0.478. The molecule has 0 radical (unpaired) electrons. The van der Waals surface area contributed by atoms with Gasteiger partial charge in [-0.15, -0.1) is 0 Å². The van der Waals surface area contributed by atoms with Crippen LogP contribution in [-0.4, -0.2) is 80.1 Å². The maximum absolute atomic E-state index is 11.6. The molecule has 2 aliphatic heterocycles. The van der Waals surface area contributed by atoms with Gasteiger partial charge in [0.25, 0.3) is 5.91 Å². The summed E-state index contributed by atoms with van der Waals surface area (Å²) in [7, 11) is 4.35. The fourth-order valence-electron chi connectivity index (χ4n) is 3.60. The Balaban J connectivity index is 0.000000287. The van der Waals surface area contributed by atoms with E-state index in [1.807, 2.05) is 36.4 Å². The number of carbonyl (C=O) groups excluding carboxylic acids is 1. The van der Waals surface area contributed by atoms with Crippen LogP contribution < -0.4 is 21.7 Å². The Bertz CT molecular complexity index is 806. The molecule has 0 aliphatic carbocycles. The third-order valence-corrected chi connectivity index (χ3v) is 5.64. The zero-order valence-electron chi connectivity index (χ0n) is 18.6. The minimum atomic E-state index is -0.472. The number of hydrogen-bond acceptors (Lipinski definition) is 7. The number of anilines is 3. The average molecular weight is 426 g/mol. The summed E-state index contributed by atoms with van der Waals surface area (Å²) < 4.78 is 0. The first kappa shape index (κ1) is 23.0. The monoisotopic (exact) mass is 425 g/mol. The number of para-hydroxylation sites is 1. The van der Waals surface area contributed by atoms with Crippen molar-refractivity contribution in [2.45, 2.75) is 18.9 Å². The largest absolute Gasteiger partial charge is 0.381 e. The Morgan fingerprint density at radius 3 is 2.26 bits per heavy atom. The molecule has 0 saturated carbocycles. The molecule has 0 bridgehead atoms. The van der Waals surface area contributed by atoms with Gasteiger partial charge in [0, 0.05) is 50.2 Å². The van der Waals surface area contributed by atoms with Gasteiger partial charge in [-0.1, -0.05) is 18.2 Å². The van der Waals surface area contributed by atoms with Gasteiger partial charge in [0.05, 0.1) is 11.3 Å². The molecule has 31 heavy (non-hydrogen) atoms. The Morgan fingerprint density at radius 1 is 1.06 bits per heavy atom. The summed E-state index contributed by atoms with van der Waals surface area (Å²) in [5, 5.41) is 9.99. The molecular formula is C23H35N7O. The van der Waals surface area contributed by atoms with E-state index in [0.29, 0.717) is 17.4 Å². The van der Waals surface area contributed by atoms with Crippen molar-refractivity contribution >= 4 is 23.1 Å². The van der Waals surface area contributed by atoms with E-state index in [4.69, 9.17) is 5.73 Å². The highest BCUT2D eigenvalue weighted by molar-refractivity contribution is 5.98. The summed E-state index contributed by atoms with van der Waals surface area (Å²) in [5.74, 6) is 0.206. The molecule has 2 saturated heterocycles. The molecule has 1 aromatic carbocycles. The number of carbonyl (C=O) groups is 1. The van der Waals surface area contributed by atoms with Crippen LogP contribution in [0.15, 0.2) is 42.6 Å². The molecule has 3 heterocycles. The molecular weight excluding hydrogens is 390 g/mol. The van der Waals surface area contributed by atoms with Gasteiger partial charge < -0.3 is 31.5 Å². The van der Waals surface area contributed by atoms with Crippen molar-refractivity contribution in [2.24, 2.45) is 5.73 Å². The van der Waals surface area contributed by atoms with E-state index in [2.05, 4.69) is 44.8 Å². The number of benzene rings is 1. The van der Waals surface area contributed by atoms with Crippen LogP contribution in [0.2, 0.25) is 0 Å². The van der Waals surface area contributed by atoms with Crippen LogP contribution >= 0.6 is 0 Å². The third-order valence-electron chi connectivity index (χ3n) is 5.64. The minimum absolute atomic E-state index is 0.335. The number of nitrogens with one attached hydrogen (secondary N) is 3. The number of likely N-dealkylation sites (N-methyl/N-ethyl adjacent to an activating group) is 2. The summed E-state index contributed by atoms with van der Waals surface area (Å²) in [4.78, 5) is 20.6. The van der Waals surface area contributed by atoms with Crippen molar-refractivity contribution in [2.75, 3.05) is 64.0 Å². The lowest BCUT2D eigenvalue weighted by atomic mass is 10.1. The number of amides is 1. The molecule has 0 unspecified atom stereocenters.